The topological polar surface area (TPSA) is 108 Å². The minimum Gasteiger partial charge on any atom is -0.435 e. The van der Waals surface area contributed by atoms with Crippen molar-refractivity contribution in [3.05, 3.63) is 72.2 Å². The Morgan fingerprint density at radius 3 is 2.47 bits per heavy atom. The van der Waals surface area contributed by atoms with Crippen molar-refractivity contribution >= 4 is 29.1 Å². The first kappa shape index (κ1) is 32.1. The first-order valence-corrected chi connectivity index (χ1v) is 15.5. The zero-order valence-corrected chi connectivity index (χ0v) is 26.6. The predicted molar refractivity (Wildman–Crippen MR) is 172 cm³/mol. The number of aryl methyl sites for hydroxylation is 1. The lowest BCUT2D eigenvalue weighted by Gasteiger charge is -2.40. The number of morpholine rings is 1. The molecule has 2 fully saturated rings. The molecule has 0 bridgehead atoms. The summed E-state index contributed by atoms with van der Waals surface area (Å²) >= 11 is 0. The molecule has 1 N–H and O–H groups in total. The Bertz CT molecular complexity index is 1720. The molecule has 2 aliphatic heterocycles. The maximum Gasteiger partial charge on any atom is 0.387 e. The molecule has 248 valence electrons. The molecule has 2 aromatic heterocycles. The SMILES string of the molecule is Cc1cc(Nc2nccn3c(-c4ccc(OC(F)F)cc4)cnc23)ccc1C(=O)N1CCN(C(=O)N2CCOC(CN(C)C)C2)CC1. The number of carbonyl (C=O) groups excluding carboxylic acids is 2. The second kappa shape index (κ2) is 13.9. The molecule has 2 aliphatic rings. The summed E-state index contributed by atoms with van der Waals surface area (Å²) in [5.41, 5.74) is 4.25. The second-order valence-electron chi connectivity index (χ2n) is 11.9. The number of likely N-dealkylation sites (N-methyl/N-ethyl adjacent to an activating group) is 1. The van der Waals surface area contributed by atoms with Gasteiger partial charge in [0.25, 0.3) is 5.91 Å². The number of fused-ring (bicyclic) bond motifs is 1. The van der Waals surface area contributed by atoms with E-state index < -0.39 is 6.61 Å². The summed E-state index contributed by atoms with van der Waals surface area (Å²) in [4.78, 5) is 43.3. The Labute approximate surface area is 271 Å². The number of urea groups is 1. The Hall–Kier alpha value is -4.82. The van der Waals surface area contributed by atoms with Crippen molar-refractivity contribution in [2.75, 3.05) is 71.8 Å². The van der Waals surface area contributed by atoms with E-state index in [-0.39, 0.29) is 23.8 Å². The molecule has 1 atom stereocenters. The van der Waals surface area contributed by atoms with Crippen LogP contribution in [0.2, 0.25) is 0 Å². The largest absolute Gasteiger partial charge is 0.435 e. The molecule has 6 rings (SSSR count). The molecular weight excluding hydrogens is 610 g/mol. The number of anilines is 2. The number of hydrogen-bond acceptors (Lipinski definition) is 8. The van der Waals surface area contributed by atoms with Crippen LogP contribution in [0.3, 0.4) is 0 Å². The number of hydrogen-bond donors (Lipinski definition) is 1. The Morgan fingerprint density at radius 1 is 1.02 bits per heavy atom. The van der Waals surface area contributed by atoms with Crippen LogP contribution in [-0.4, -0.2) is 125 Å². The van der Waals surface area contributed by atoms with E-state index in [1.54, 1.807) is 41.7 Å². The van der Waals surface area contributed by atoms with Gasteiger partial charge in [0.15, 0.2) is 11.5 Å². The number of imidazole rings is 1. The highest BCUT2D eigenvalue weighted by molar-refractivity contribution is 5.96. The third-order valence-corrected chi connectivity index (χ3v) is 8.34. The Morgan fingerprint density at radius 2 is 1.77 bits per heavy atom. The van der Waals surface area contributed by atoms with E-state index in [1.807, 2.05) is 47.4 Å². The maximum absolute atomic E-state index is 13.5. The number of carbonyl (C=O) groups is 2. The number of aromatic nitrogens is 3. The van der Waals surface area contributed by atoms with Gasteiger partial charge in [-0.3, -0.25) is 9.20 Å². The van der Waals surface area contributed by atoms with Crippen LogP contribution in [0, 0.1) is 6.92 Å². The fourth-order valence-corrected chi connectivity index (χ4v) is 6.03. The highest BCUT2D eigenvalue weighted by atomic mass is 19.3. The van der Waals surface area contributed by atoms with Crippen LogP contribution in [0.1, 0.15) is 15.9 Å². The van der Waals surface area contributed by atoms with Crippen LogP contribution >= 0.6 is 0 Å². The molecular formula is C33H38F2N8O4. The van der Waals surface area contributed by atoms with Crippen molar-refractivity contribution in [3.8, 4) is 17.0 Å². The average Bonchev–Trinajstić information content (AvgIpc) is 3.49. The number of rotatable bonds is 8. The van der Waals surface area contributed by atoms with E-state index in [0.717, 1.165) is 29.1 Å². The molecule has 1 unspecified atom stereocenters. The van der Waals surface area contributed by atoms with Gasteiger partial charge >= 0.3 is 12.6 Å². The predicted octanol–water partition coefficient (Wildman–Crippen LogP) is 4.19. The average molecular weight is 649 g/mol. The van der Waals surface area contributed by atoms with Gasteiger partial charge in [-0.05, 0) is 69.0 Å². The monoisotopic (exact) mass is 648 g/mol. The number of benzene rings is 2. The lowest BCUT2D eigenvalue weighted by atomic mass is 10.1. The molecule has 0 spiro atoms. The lowest BCUT2D eigenvalue weighted by molar-refractivity contribution is -0.0498. The molecule has 47 heavy (non-hydrogen) atoms. The summed E-state index contributed by atoms with van der Waals surface area (Å²) in [5, 5.41) is 3.31. The third kappa shape index (κ3) is 7.28. The third-order valence-electron chi connectivity index (χ3n) is 8.34. The number of nitrogens with zero attached hydrogens (tertiary/aromatic N) is 7. The van der Waals surface area contributed by atoms with Crippen molar-refractivity contribution in [1.82, 2.24) is 34.0 Å². The van der Waals surface area contributed by atoms with Crippen LogP contribution in [0.25, 0.3) is 16.9 Å². The summed E-state index contributed by atoms with van der Waals surface area (Å²) in [6.45, 7) is 3.32. The molecule has 4 heterocycles. The smallest absolute Gasteiger partial charge is 0.387 e. The van der Waals surface area contributed by atoms with E-state index in [1.165, 1.54) is 12.1 Å². The van der Waals surface area contributed by atoms with Crippen LogP contribution in [-0.2, 0) is 4.74 Å². The summed E-state index contributed by atoms with van der Waals surface area (Å²) in [6, 6.07) is 11.9. The zero-order valence-electron chi connectivity index (χ0n) is 26.6. The van der Waals surface area contributed by atoms with Crippen LogP contribution < -0.4 is 10.1 Å². The van der Waals surface area contributed by atoms with E-state index in [4.69, 9.17) is 4.74 Å². The summed E-state index contributed by atoms with van der Waals surface area (Å²) in [6.07, 6.45) is 5.10. The Balaban J connectivity index is 1.08. The quantitative estimate of drug-likeness (QED) is 0.303. The van der Waals surface area contributed by atoms with Gasteiger partial charge in [-0.1, -0.05) is 0 Å². The van der Waals surface area contributed by atoms with Gasteiger partial charge in [0, 0.05) is 75.0 Å². The van der Waals surface area contributed by atoms with Gasteiger partial charge in [0.2, 0.25) is 0 Å². The number of alkyl halides is 2. The standard InChI is InChI=1S/C33H38F2N8O4/c1-22-18-24(38-29-30-37-19-28(43(30)11-10-36-29)23-4-7-25(8-5-23)47-32(34)35)6-9-27(22)31(44)40-12-14-41(15-13-40)33(45)42-16-17-46-26(21-42)20-39(2)3/h4-11,18-19,26,32H,12-17,20-21H2,1-3H3,(H,36,38). The molecule has 2 aromatic carbocycles. The lowest BCUT2D eigenvalue weighted by Crippen LogP contribution is -2.57. The highest BCUT2D eigenvalue weighted by Crippen LogP contribution is 2.28. The van der Waals surface area contributed by atoms with Gasteiger partial charge in [-0.15, -0.1) is 0 Å². The van der Waals surface area contributed by atoms with Gasteiger partial charge in [-0.25, -0.2) is 14.8 Å². The fraction of sp³-hybridized carbons (Fsp3) is 0.394. The highest BCUT2D eigenvalue weighted by Gasteiger charge is 2.31. The Kier molecular flexibility index (Phi) is 9.50. The van der Waals surface area contributed by atoms with Crippen molar-refractivity contribution < 1.29 is 27.8 Å². The molecule has 0 aliphatic carbocycles. The fourth-order valence-electron chi connectivity index (χ4n) is 6.03. The van der Waals surface area contributed by atoms with Crippen LogP contribution in [0.15, 0.2) is 61.1 Å². The number of nitrogens with one attached hydrogen (secondary N) is 1. The van der Waals surface area contributed by atoms with E-state index in [0.29, 0.717) is 62.9 Å². The van der Waals surface area contributed by atoms with Crippen molar-refractivity contribution in [2.24, 2.45) is 0 Å². The van der Waals surface area contributed by atoms with Gasteiger partial charge < -0.3 is 34.4 Å². The first-order chi connectivity index (χ1) is 22.7. The second-order valence-corrected chi connectivity index (χ2v) is 11.9. The number of amides is 3. The van der Waals surface area contributed by atoms with E-state index in [9.17, 15) is 18.4 Å². The minimum atomic E-state index is -2.89. The van der Waals surface area contributed by atoms with Crippen LogP contribution in [0.4, 0.5) is 25.1 Å². The first-order valence-electron chi connectivity index (χ1n) is 15.5. The summed E-state index contributed by atoms with van der Waals surface area (Å²) in [5.74, 6) is 0.527. The van der Waals surface area contributed by atoms with Crippen LogP contribution in [0.5, 0.6) is 5.75 Å². The van der Waals surface area contributed by atoms with Gasteiger partial charge in [-0.2, -0.15) is 8.78 Å². The van der Waals surface area contributed by atoms with Crippen molar-refractivity contribution in [2.45, 2.75) is 19.6 Å². The normalized spacial score (nSPS) is 17.1. The van der Waals surface area contributed by atoms with Crippen molar-refractivity contribution in [1.29, 1.82) is 0 Å². The van der Waals surface area contributed by atoms with E-state index in [2.05, 4.69) is 24.9 Å². The van der Waals surface area contributed by atoms with Gasteiger partial charge in [0.1, 0.15) is 5.75 Å². The maximum atomic E-state index is 13.5. The van der Waals surface area contributed by atoms with Crippen molar-refractivity contribution in [3.63, 3.8) is 0 Å². The molecule has 4 aromatic rings. The summed E-state index contributed by atoms with van der Waals surface area (Å²) in [7, 11) is 3.98. The summed E-state index contributed by atoms with van der Waals surface area (Å²) < 4.78 is 37.2. The number of ether oxygens (including phenoxy) is 2. The molecule has 14 heteroatoms. The molecule has 2 saturated heterocycles. The van der Waals surface area contributed by atoms with Gasteiger partial charge in [0.05, 0.1) is 24.6 Å². The number of piperazine rings is 1. The minimum absolute atomic E-state index is 0.00126. The zero-order chi connectivity index (χ0) is 33.1. The molecule has 3 amide bonds. The molecule has 0 radical (unpaired) electrons. The molecule has 0 saturated carbocycles. The molecule has 12 nitrogen and oxygen atoms in total. The number of halogens is 2. The van der Waals surface area contributed by atoms with E-state index >= 15 is 0 Å².